The van der Waals surface area contributed by atoms with Gasteiger partial charge in [-0.15, -0.1) is 0 Å². The molecule has 0 fully saturated rings. The van der Waals surface area contributed by atoms with Crippen LogP contribution in [0.1, 0.15) is 11.3 Å². The summed E-state index contributed by atoms with van der Waals surface area (Å²) in [6.45, 7) is 3.77. The number of aromatic nitrogens is 2. The van der Waals surface area contributed by atoms with E-state index in [9.17, 15) is 0 Å². The molecule has 1 aromatic carbocycles. The highest BCUT2D eigenvalue weighted by molar-refractivity contribution is 6.28. The number of anilines is 3. The monoisotopic (exact) mass is 278 g/mol. The lowest BCUT2D eigenvalue weighted by Crippen LogP contribution is -2.04. The number of hydrogen-bond acceptors (Lipinski definition) is 5. The third-order valence-electron chi connectivity index (χ3n) is 2.72. The van der Waals surface area contributed by atoms with Crippen LogP contribution in [-0.2, 0) is 0 Å². The van der Waals surface area contributed by atoms with E-state index in [1.165, 1.54) is 0 Å². The van der Waals surface area contributed by atoms with Crippen LogP contribution in [0.4, 0.5) is 17.2 Å². The van der Waals surface area contributed by atoms with Crippen molar-refractivity contribution in [1.29, 1.82) is 0 Å². The Hall–Kier alpha value is -2.01. The Balaban J connectivity index is 2.44. The molecule has 19 heavy (non-hydrogen) atoms. The molecule has 0 amide bonds. The number of nitrogens with one attached hydrogen (secondary N) is 1. The van der Waals surface area contributed by atoms with E-state index in [2.05, 4.69) is 15.3 Å². The molecule has 2 aromatic rings. The predicted octanol–water partition coefficient (Wildman–Crippen LogP) is 3.08. The van der Waals surface area contributed by atoms with Gasteiger partial charge in [0.25, 0.3) is 0 Å². The zero-order valence-corrected chi connectivity index (χ0v) is 11.7. The smallest absolute Gasteiger partial charge is 0.224 e. The van der Waals surface area contributed by atoms with Crippen LogP contribution in [0.25, 0.3) is 0 Å². The topological polar surface area (TPSA) is 73.1 Å². The van der Waals surface area contributed by atoms with Crippen LogP contribution in [0, 0.1) is 13.8 Å². The second-order valence-corrected chi connectivity index (χ2v) is 4.51. The molecular weight excluding hydrogens is 264 g/mol. The summed E-state index contributed by atoms with van der Waals surface area (Å²) in [4.78, 5) is 8.09. The zero-order valence-electron chi connectivity index (χ0n) is 11.0. The van der Waals surface area contributed by atoms with E-state index in [0.29, 0.717) is 22.9 Å². The Labute approximate surface area is 116 Å². The number of nitrogens with zero attached hydrogens (tertiary/aromatic N) is 2. The molecule has 6 heteroatoms. The minimum Gasteiger partial charge on any atom is -0.495 e. The van der Waals surface area contributed by atoms with Crippen LogP contribution in [-0.4, -0.2) is 17.1 Å². The molecule has 0 radical (unpaired) electrons. The summed E-state index contributed by atoms with van der Waals surface area (Å²) in [6, 6.07) is 5.79. The molecule has 0 aliphatic heterocycles. The van der Waals surface area contributed by atoms with Gasteiger partial charge in [-0.05, 0) is 43.1 Å². The van der Waals surface area contributed by atoms with Gasteiger partial charge in [0.1, 0.15) is 5.75 Å². The van der Waals surface area contributed by atoms with Gasteiger partial charge in [-0.3, -0.25) is 0 Å². The van der Waals surface area contributed by atoms with Gasteiger partial charge in [0.05, 0.1) is 24.2 Å². The lowest BCUT2D eigenvalue weighted by Gasteiger charge is -2.13. The zero-order chi connectivity index (χ0) is 14.0. The lowest BCUT2D eigenvalue weighted by molar-refractivity contribution is 0.416. The van der Waals surface area contributed by atoms with Crippen molar-refractivity contribution in [3.63, 3.8) is 0 Å². The van der Waals surface area contributed by atoms with Crippen LogP contribution in [0.5, 0.6) is 5.75 Å². The van der Waals surface area contributed by atoms with Gasteiger partial charge in [0, 0.05) is 0 Å². The highest BCUT2D eigenvalue weighted by Gasteiger charge is 2.10. The number of ether oxygens (including phenoxy) is 1. The maximum atomic E-state index is 5.94. The Morgan fingerprint density at radius 2 is 2.00 bits per heavy atom. The van der Waals surface area contributed by atoms with E-state index >= 15 is 0 Å². The van der Waals surface area contributed by atoms with Crippen LogP contribution in [0.15, 0.2) is 18.2 Å². The number of nitrogens with two attached hydrogens (primary N) is 1. The van der Waals surface area contributed by atoms with Crippen molar-refractivity contribution in [2.45, 2.75) is 13.8 Å². The minimum atomic E-state index is 0.154. The summed E-state index contributed by atoms with van der Waals surface area (Å²) >= 11 is 5.84. The van der Waals surface area contributed by atoms with Crippen molar-refractivity contribution >= 4 is 28.8 Å². The second kappa shape index (κ2) is 5.32. The van der Waals surface area contributed by atoms with E-state index in [1.807, 2.05) is 25.1 Å². The van der Waals surface area contributed by atoms with Crippen molar-refractivity contribution in [3.05, 3.63) is 34.7 Å². The average Bonchev–Trinajstić information content (AvgIpc) is 2.35. The fourth-order valence-electron chi connectivity index (χ4n) is 1.69. The number of benzene rings is 1. The van der Waals surface area contributed by atoms with Crippen molar-refractivity contribution in [2.75, 3.05) is 18.2 Å². The number of nitrogen functional groups attached to an aromatic ring is 1. The standard InChI is InChI=1S/C13H15ClN4O/c1-7-4-5-10(19-3)9(6-7)17-12-11(15)8(2)16-13(14)18-12/h4-6H,15H2,1-3H3,(H,16,17,18). The molecule has 1 aromatic heterocycles. The molecule has 0 spiro atoms. The second-order valence-electron chi connectivity index (χ2n) is 4.17. The first-order valence-electron chi connectivity index (χ1n) is 5.72. The number of rotatable bonds is 3. The normalized spacial score (nSPS) is 10.3. The predicted molar refractivity (Wildman–Crippen MR) is 77.2 cm³/mol. The molecule has 1 heterocycles. The van der Waals surface area contributed by atoms with E-state index in [4.69, 9.17) is 22.1 Å². The molecule has 0 bridgehead atoms. The Bertz CT molecular complexity index is 616. The number of methoxy groups -OCH3 is 1. The van der Waals surface area contributed by atoms with Crippen LogP contribution >= 0.6 is 11.6 Å². The quantitative estimate of drug-likeness (QED) is 0.844. The minimum absolute atomic E-state index is 0.154. The van der Waals surface area contributed by atoms with Crippen LogP contribution in [0.3, 0.4) is 0 Å². The maximum absolute atomic E-state index is 5.94. The highest BCUT2D eigenvalue weighted by Crippen LogP contribution is 2.31. The molecule has 0 atom stereocenters. The molecule has 0 unspecified atom stereocenters. The van der Waals surface area contributed by atoms with Crippen LogP contribution < -0.4 is 15.8 Å². The Morgan fingerprint density at radius 1 is 1.26 bits per heavy atom. The van der Waals surface area contributed by atoms with Crippen molar-refractivity contribution in [2.24, 2.45) is 0 Å². The van der Waals surface area contributed by atoms with Gasteiger partial charge >= 0.3 is 0 Å². The first-order valence-corrected chi connectivity index (χ1v) is 6.10. The average molecular weight is 279 g/mol. The SMILES string of the molecule is COc1ccc(C)cc1Nc1nc(Cl)nc(C)c1N. The molecule has 0 saturated carbocycles. The van der Waals surface area contributed by atoms with E-state index in [-0.39, 0.29) is 5.28 Å². The fourth-order valence-corrected chi connectivity index (χ4v) is 1.90. The molecule has 0 aliphatic carbocycles. The number of hydrogen-bond donors (Lipinski definition) is 2. The Kier molecular flexibility index (Phi) is 3.76. The first-order chi connectivity index (χ1) is 9.01. The summed E-state index contributed by atoms with van der Waals surface area (Å²) in [6.07, 6.45) is 0. The van der Waals surface area contributed by atoms with Crippen molar-refractivity contribution in [1.82, 2.24) is 9.97 Å². The highest BCUT2D eigenvalue weighted by atomic mass is 35.5. The summed E-state index contributed by atoms with van der Waals surface area (Å²) in [5, 5.41) is 3.28. The first kappa shape index (κ1) is 13.4. The van der Waals surface area contributed by atoms with Gasteiger partial charge in [-0.2, -0.15) is 4.98 Å². The van der Waals surface area contributed by atoms with Gasteiger partial charge < -0.3 is 15.8 Å². The summed E-state index contributed by atoms with van der Waals surface area (Å²) in [7, 11) is 1.61. The van der Waals surface area contributed by atoms with Crippen molar-refractivity contribution < 1.29 is 4.74 Å². The third-order valence-corrected chi connectivity index (χ3v) is 2.89. The largest absolute Gasteiger partial charge is 0.495 e. The van der Waals surface area contributed by atoms with Gasteiger partial charge in [-0.25, -0.2) is 4.98 Å². The van der Waals surface area contributed by atoms with Crippen LogP contribution in [0.2, 0.25) is 5.28 Å². The van der Waals surface area contributed by atoms with Gasteiger partial charge in [0.15, 0.2) is 5.82 Å². The summed E-state index contributed by atoms with van der Waals surface area (Å²) in [5.74, 6) is 1.18. The molecular formula is C13H15ClN4O. The van der Waals surface area contributed by atoms with Gasteiger partial charge in [0.2, 0.25) is 5.28 Å². The molecule has 0 aliphatic rings. The molecule has 3 N–H and O–H groups in total. The van der Waals surface area contributed by atoms with Gasteiger partial charge in [-0.1, -0.05) is 6.07 Å². The third kappa shape index (κ3) is 2.88. The van der Waals surface area contributed by atoms with E-state index < -0.39 is 0 Å². The maximum Gasteiger partial charge on any atom is 0.224 e. The number of halogens is 1. The molecule has 100 valence electrons. The fraction of sp³-hybridized carbons (Fsp3) is 0.231. The number of aryl methyl sites for hydroxylation is 2. The molecule has 2 rings (SSSR count). The van der Waals surface area contributed by atoms with E-state index in [0.717, 1.165) is 11.3 Å². The summed E-state index contributed by atoms with van der Waals surface area (Å²) in [5.41, 5.74) is 8.92. The van der Waals surface area contributed by atoms with Crippen molar-refractivity contribution in [3.8, 4) is 5.75 Å². The molecule has 0 saturated heterocycles. The lowest BCUT2D eigenvalue weighted by atomic mass is 10.2. The Morgan fingerprint density at radius 3 is 2.68 bits per heavy atom. The molecule has 5 nitrogen and oxygen atoms in total. The van der Waals surface area contributed by atoms with E-state index in [1.54, 1.807) is 14.0 Å². The summed E-state index contributed by atoms with van der Waals surface area (Å²) < 4.78 is 5.29.